The Morgan fingerprint density at radius 3 is 2.05 bits per heavy atom. The lowest BCUT2D eigenvalue weighted by atomic mass is 10.1. The molecule has 2 aromatic rings. The summed E-state index contributed by atoms with van der Waals surface area (Å²) in [5.41, 5.74) is 3.41. The minimum atomic E-state index is -3.06. The van der Waals surface area contributed by atoms with Crippen molar-refractivity contribution < 1.29 is 13.2 Å². The van der Waals surface area contributed by atoms with Crippen LogP contribution in [0, 0.1) is 6.92 Å². The van der Waals surface area contributed by atoms with Crippen LogP contribution >= 0.6 is 0 Å². The zero-order valence-electron chi connectivity index (χ0n) is 12.7. The summed E-state index contributed by atoms with van der Waals surface area (Å²) in [5, 5.41) is 2.85. The maximum Gasteiger partial charge on any atom is 0.251 e. The van der Waals surface area contributed by atoms with Gasteiger partial charge in [0.25, 0.3) is 5.91 Å². The van der Waals surface area contributed by atoms with Crippen molar-refractivity contribution >= 4 is 15.7 Å². The normalized spacial score (nSPS) is 11.2. The van der Waals surface area contributed by atoms with E-state index in [2.05, 4.69) is 5.32 Å². The number of hydrogen-bond acceptors (Lipinski definition) is 3. The highest BCUT2D eigenvalue weighted by Gasteiger charge is 2.08. The number of sulfone groups is 1. The zero-order valence-corrected chi connectivity index (χ0v) is 13.5. The van der Waals surface area contributed by atoms with E-state index in [0.717, 1.165) is 5.56 Å². The number of nitrogens with one attached hydrogen (secondary N) is 1. The van der Waals surface area contributed by atoms with Gasteiger partial charge < -0.3 is 5.32 Å². The fourth-order valence-electron chi connectivity index (χ4n) is 2.05. The van der Waals surface area contributed by atoms with Crippen LogP contribution in [0.15, 0.2) is 48.5 Å². The van der Waals surface area contributed by atoms with Crippen LogP contribution in [0.2, 0.25) is 0 Å². The highest BCUT2D eigenvalue weighted by Crippen LogP contribution is 2.08. The molecule has 0 bridgehead atoms. The van der Waals surface area contributed by atoms with Gasteiger partial charge in [0.1, 0.15) is 0 Å². The van der Waals surface area contributed by atoms with Crippen molar-refractivity contribution in [2.75, 3.05) is 6.26 Å². The van der Waals surface area contributed by atoms with Gasteiger partial charge in [0.05, 0.1) is 5.75 Å². The maximum atomic E-state index is 12.1. The lowest BCUT2D eigenvalue weighted by Crippen LogP contribution is -2.22. The maximum absolute atomic E-state index is 12.1. The molecule has 0 aromatic heterocycles. The van der Waals surface area contributed by atoms with E-state index in [1.54, 1.807) is 24.3 Å². The fourth-order valence-corrected chi connectivity index (χ4v) is 2.84. The fraction of sp³-hybridized carbons (Fsp3) is 0.235. The third-order valence-corrected chi connectivity index (χ3v) is 4.08. The van der Waals surface area contributed by atoms with Gasteiger partial charge in [-0.05, 0) is 30.2 Å². The van der Waals surface area contributed by atoms with Crippen LogP contribution in [0.25, 0.3) is 0 Å². The standard InChI is InChI=1S/C17H19NO3S/c1-13-3-5-14(6-4-13)11-18-17(19)16-9-7-15(8-10-16)12-22(2,20)21/h3-10H,11-12H2,1-2H3,(H,18,19). The highest BCUT2D eigenvalue weighted by atomic mass is 32.2. The summed E-state index contributed by atoms with van der Waals surface area (Å²) in [6, 6.07) is 14.6. The molecule has 1 amide bonds. The zero-order chi connectivity index (χ0) is 16.2. The number of aryl methyl sites for hydroxylation is 1. The van der Waals surface area contributed by atoms with Gasteiger partial charge in [0.2, 0.25) is 0 Å². The van der Waals surface area contributed by atoms with Crippen molar-refractivity contribution in [3.05, 3.63) is 70.8 Å². The van der Waals surface area contributed by atoms with Crippen LogP contribution in [0.4, 0.5) is 0 Å². The predicted molar refractivity (Wildman–Crippen MR) is 87.3 cm³/mol. The Morgan fingerprint density at radius 2 is 1.50 bits per heavy atom. The van der Waals surface area contributed by atoms with Crippen LogP contribution in [0.5, 0.6) is 0 Å². The third-order valence-electron chi connectivity index (χ3n) is 3.22. The van der Waals surface area contributed by atoms with Crippen LogP contribution in [-0.2, 0) is 22.1 Å². The molecule has 1 N–H and O–H groups in total. The Labute approximate surface area is 131 Å². The van der Waals surface area contributed by atoms with Crippen LogP contribution in [0.3, 0.4) is 0 Å². The second-order valence-corrected chi connectivity index (χ2v) is 7.58. The number of carbonyl (C=O) groups is 1. The highest BCUT2D eigenvalue weighted by molar-refractivity contribution is 7.89. The van der Waals surface area contributed by atoms with Crippen LogP contribution < -0.4 is 5.32 Å². The Bertz CT molecular complexity index is 747. The Morgan fingerprint density at radius 1 is 0.955 bits per heavy atom. The van der Waals surface area contributed by atoms with Crippen molar-refractivity contribution in [2.45, 2.75) is 19.2 Å². The summed E-state index contributed by atoms with van der Waals surface area (Å²) in [6.07, 6.45) is 1.19. The molecule has 0 unspecified atom stereocenters. The first-order chi connectivity index (χ1) is 10.3. The lowest BCUT2D eigenvalue weighted by Gasteiger charge is -2.07. The number of amides is 1. The van der Waals surface area contributed by atoms with Gasteiger partial charge in [-0.15, -0.1) is 0 Å². The Hall–Kier alpha value is -2.14. The van der Waals surface area contributed by atoms with Crippen LogP contribution in [-0.4, -0.2) is 20.6 Å². The summed E-state index contributed by atoms with van der Waals surface area (Å²) in [6.45, 7) is 2.48. The third kappa shape index (κ3) is 5.00. The van der Waals surface area contributed by atoms with Crippen molar-refractivity contribution in [1.82, 2.24) is 5.32 Å². The number of benzene rings is 2. The molecule has 0 heterocycles. The largest absolute Gasteiger partial charge is 0.348 e. The average molecular weight is 317 g/mol. The monoisotopic (exact) mass is 317 g/mol. The number of carbonyl (C=O) groups excluding carboxylic acids is 1. The van der Waals surface area contributed by atoms with E-state index in [4.69, 9.17) is 0 Å². The molecule has 0 radical (unpaired) electrons. The van der Waals surface area contributed by atoms with Gasteiger partial charge in [-0.2, -0.15) is 0 Å². The van der Waals surface area contributed by atoms with Crippen molar-refractivity contribution in [3.8, 4) is 0 Å². The topological polar surface area (TPSA) is 63.2 Å². The van der Waals surface area contributed by atoms with E-state index >= 15 is 0 Å². The average Bonchev–Trinajstić information content (AvgIpc) is 2.45. The van der Waals surface area contributed by atoms with Gasteiger partial charge >= 0.3 is 0 Å². The van der Waals surface area contributed by atoms with E-state index in [-0.39, 0.29) is 11.7 Å². The predicted octanol–water partition coefficient (Wildman–Crippen LogP) is 2.47. The molecule has 0 spiro atoms. The molecular weight excluding hydrogens is 298 g/mol. The Balaban J connectivity index is 1.96. The van der Waals surface area contributed by atoms with Crippen LogP contribution in [0.1, 0.15) is 27.0 Å². The van der Waals surface area contributed by atoms with Gasteiger partial charge in [-0.25, -0.2) is 8.42 Å². The quantitative estimate of drug-likeness (QED) is 0.921. The first kappa shape index (κ1) is 16.2. The summed E-state index contributed by atoms with van der Waals surface area (Å²) in [5.74, 6) is -0.190. The van der Waals surface area contributed by atoms with Gasteiger partial charge in [0.15, 0.2) is 9.84 Å². The summed E-state index contributed by atoms with van der Waals surface area (Å²) < 4.78 is 22.4. The summed E-state index contributed by atoms with van der Waals surface area (Å²) in [4.78, 5) is 12.1. The molecule has 0 fully saturated rings. The molecule has 0 atom stereocenters. The SMILES string of the molecule is Cc1ccc(CNC(=O)c2ccc(CS(C)(=O)=O)cc2)cc1. The molecule has 5 heteroatoms. The summed E-state index contributed by atoms with van der Waals surface area (Å²) >= 11 is 0. The smallest absolute Gasteiger partial charge is 0.251 e. The second kappa shape index (κ2) is 6.75. The van der Waals surface area contributed by atoms with Gasteiger partial charge in [0, 0.05) is 18.4 Å². The van der Waals surface area contributed by atoms with Gasteiger partial charge in [-0.3, -0.25) is 4.79 Å². The van der Waals surface area contributed by atoms with E-state index in [0.29, 0.717) is 17.7 Å². The van der Waals surface area contributed by atoms with E-state index < -0.39 is 9.84 Å². The van der Waals surface area contributed by atoms with Gasteiger partial charge in [-0.1, -0.05) is 42.0 Å². The first-order valence-electron chi connectivity index (χ1n) is 6.94. The van der Waals surface area contributed by atoms with E-state index in [9.17, 15) is 13.2 Å². The molecule has 2 rings (SSSR count). The minimum Gasteiger partial charge on any atom is -0.348 e. The molecule has 0 saturated carbocycles. The molecule has 0 saturated heterocycles. The molecule has 0 aliphatic carbocycles. The molecule has 0 aliphatic heterocycles. The van der Waals surface area contributed by atoms with E-state index in [1.807, 2.05) is 31.2 Å². The Kier molecular flexibility index (Phi) is 4.98. The van der Waals surface area contributed by atoms with Crippen molar-refractivity contribution in [3.63, 3.8) is 0 Å². The molecule has 0 aliphatic rings. The van der Waals surface area contributed by atoms with Crippen molar-refractivity contribution in [2.24, 2.45) is 0 Å². The molecule has 4 nitrogen and oxygen atoms in total. The second-order valence-electron chi connectivity index (χ2n) is 5.44. The lowest BCUT2D eigenvalue weighted by molar-refractivity contribution is 0.0951. The minimum absolute atomic E-state index is 0.0156. The number of rotatable bonds is 5. The molecule has 22 heavy (non-hydrogen) atoms. The van der Waals surface area contributed by atoms with E-state index in [1.165, 1.54) is 11.8 Å². The number of hydrogen-bond donors (Lipinski definition) is 1. The first-order valence-corrected chi connectivity index (χ1v) is 9.00. The van der Waals surface area contributed by atoms with Crippen molar-refractivity contribution in [1.29, 1.82) is 0 Å². The molecule has 2 aromatic carbocycles. The summed E-state index contributed by atoms with van der Waals surface area (Å²) in [7, 11) is -3.06. The molecular formula is C17H19NO3S. The molecule has 116 valence electrons.